The predicted molar refractivity (Wildman–Crippen MR) is 93.3 cm³/mol. The van der Waals surface area contributed by atoms with E-state index in [0.29, 0.717) is 29.6 Å². The summed E-state index contributed by atoms with van der Waals surface area (Å²) < 4.78 is 0. The molecule has 0 heterocycles. The molecule has 0 aliphatic heterocycles. The number of halogens is 1. The maximum absolute atomic E-state index is 11.1. The highest BCUT2D eigenvalue weighted by Gasteiger charge is 2.63. The van der Waals surface area contributed by atoms with Crippen molar-refractivity contribution in [2.24, 2.45) is 34.5 Å². The zero-order valence-electron chi connectivity index (χ0n) is 14.5. The molecular weight excluding hydrogens is 308 g/mol. The van der Waals surface area contributed by atoms with Gasteiger partial charge in [0.25, 0.3) is 0 Å². The number of allylic oxidation sites excluding steroid dienone is 1. The number of aliphatic hydroxyl groups is 2. The molecule has 4 rings (SSSR count). The molecule has 23 heavy (non-hydrogen) atoms. The van der Waals surface area contributed by atoms with E-state index in [-0.39, 0.29) is 16.9 Å². The van der Waals surface area contributed by atoms with Crippen molar-refractivity contribution in [2.45, 2.75) is 70.5 Å². The number of hydrogen-bond donors (Lipinski definition) is 2. The van der Waals surface area contributed by atoms with Gasteiger partial charge >= 0.3 is 0 Å². The first kappa shape index (κ1) is 16.4. The van der Waals surface area contributed by atoms with Crippen LogP contribution in [0.2, 0.25) is 0 Å². The molecule has 0 saturated heterocycles. The fourth-order valence-corrected chi connectivity index (χ4v) is 7.56. The van der Waals surface area contributed by atoms with E-state index in [4.69, 9.17) is 11.6 Å². The maximum Gasteiger partial charge on any atom is 0.0838 e. The van der Waals surface area contributed by atoms with Gasteiger partial charge in [0.1, 0.15) is 0 Å². The standard InChI is InChI=1S/C20H31ClO2/c1-18-8-5-14(22)11-13(18)3-4-15-16(18)6-9-19(2)17(15)7-10-20(19,23)12-21/h5,8,13-17,22-23H,3-4,6-7,9-12H2,1-2H3/t13?,14?,15-,16+,17+,18+,19+,20?/m1/s1. The summed E-state index contributed by atoms with van der Waals surface area (Å²) in [5.74, 6) is 3.04. The van der Waals surface area contributed by atoms with Crippen molar-refractivity contribution >= 4 is 11.6 Å². The average Bonchev–Trinajstić information content (AvgIpc) is 2.80. The second-order valence-corrected chi connectivity index (χ2v) is 9.61. The first-order valence-electron chi connectivity index (χ1n) is 9.50. The van der Waals surface area contributed by atoms with Crippen LogP contribution >= 0.6 is 11.6 Å². The van der Waals surface area contributed by atoms with Crippen LogP contribution < -0.4 is 0 Å². The maximum atomic E-state index is 11.1. The topological polar surface area (TPSA) is 40.5 Å². The van der Waals surface area contributed by atoms with Crippen LogP contribution in [0.15, 0.2) is 12.2 Å². The SMILES string of the molecule is C[C@]12C=CC(O)CC1CC[C@@H]1[C@@H]2CC[C@@]2(C)[C@H]1CCC2(O)CCl. The third kappa shape index (κ3) is 2.07. The lowest BCUT2D eigenvalue weighted by Crippen LogP contribution is -2.56. The van der Waals surface area contributed by atoms with E-state index in [1.807, 2.05) is 6.08 Å². The Morgan fingerprint density at radius 3 is 2.57 bits per heavy atom. The highest BCUT2D eigenvalue weighted by atomic mass is 35.5. The Morgan fingerprint density at radius 1 is 1.09 bits per heavy atom. The molecule has 3 heteroatoms. The van der Waals surface area contributed by atoms with Gasteiger partial charge in [-0.25, -0.2) is 0 Å². The van der Waals surface area contributed by atoms with Crippen LogP contribution in [0.5, 0.6) is 0 Å². The normalized spacial score (nSPS) is 58.4. The molecule has 2 N–H and O–H groups in total. The van der Waals surface area contributed by atoms with Crippen LogP contribution in [0.25, 0.3) is 0 Å². The number of hydrogen-bond acceptors (Lipinski definition) is 2. The van der Waals surface area contributed by atoms with Crippen molar-refractivity contribution < 1.29 is 10.2 Å². The molecule has 0 aromatic heterocycles. The zero-order valence-corrected chi connectivity index (χ0v) is 15.2. The van der Waals surface area contributed by atoms with Crippen molar-refractivity contribution in [3.8, 4) is 0 Å². The van der Waals surface area contributed by atoms with Crippen LogP contribution in [0.3, 0.4) is 0 Å². The molecule has 4 aliphatic rings. The summed E-state index contributed by atoms with van der Waals surface area (Å²) in [4.78, 5) is 0. The van der Waals surface area contributed by atoms with Gasteiger partial charge in [0.2, 0.25) is 0 Å². The van der Waals surface area contributed by atoms with Crippen molar-refractivity contribution in [2.75, 3.05) is 5.88 Å². The van der Waals surface area contributed by atoms with Crippen molar-refractivity contribution in [1.82, 2.24) is 0 Å². The molecule has 0 amide bonds. The fourth-order valence-electron chi connectivity index (χ4n) is 7.12. The summed E-state index contributed by atoms with van der Waals surface area (Å²) in [6, 6.07) is 0. The molecule has 0 spiro atoms. The molecule has 0 aromatic rings. The number of fused-ring (bicyclic) bond motifs is 5. The van der Waals surface area contributed by atoms with Crippen LogP contribution in [0.1, 0.15) is 58.8 Å². The molecule has 3 unspecified atom stereocenters. The summed E-state index contributed by atoms with van der Waals surface area (Å²) in [7, 11) is 0. The van der Waals surface area contributed by atoms with E-state index in [9.17, 15) is 10.2 Å². The number of rotatable bonds is 1. The Labute approximate surface area is 145 Å². The van der Waals surface area contributed by atoms with Crippen molar-refractivity contribution in [3.05, 3.63) is 12.2 Å². The first-order chi connectivity index (χ1) is 10.8. The molecular formula is C20H31ClO2. The van der Waals surface area contributed by atoms with E-state index < -0.39 is 5.60 Å². The zero-order chi connectivity index (χ0) is 16.5. The summed E-state index contributed by atoms with van der Waals surface area (Å²) >= 11 is 6.20. The highest BCUT2D eigenvalue weighted by Crippen LogP contribution is 2.67. The van der Waals surface area contributed by atoms with E-state index >= 15 is 0 Å². The Hall–Kier alpha value is -0.0500. The number of alkyl halides is 1. The highest BCUT2D eigenvalue weighted by molar-refractivity contribution is 6.18. The molecule has 2 nitrogen and oxygen atoms in total. The van der Waals surface area contributed by atoms with Gasteiger partial charge in [-0.05, 0) is 74.0 Å². The minimum absolute atomic E-state index is 0.00297. The van der Waals surface area contributed by atoms with Crippen molar-refractivity contribution in [1.29, 1.82) is 0 Å². The van der Waals surface area contributed by atoms with Gasteiger partial charge in [-0.15, -0.1) is 11.6 Å². The Bertz CT molecular complexity index is 520. The van der Waals surface area contributed by atoms with E-state index in [2.05, 4.69) is 19.9 Å². The molecule has 8 atom stereocenters. The van der Waals surface area contributed by atoms with Gasteiger partial charge in [0.05, 0.1) is 17.6 Å². The summed E-state index contributed by atoms with van der Waals surface area (Å²) in [5, 5.41) is 21.1. The average molecular weight is 339 g/mol. The summed E-state index contributed by atoms with van der Waals surface area (Å²) in [6.45, 7) is 4.74. The largest absolute Gasteiger partial charge is 0.389 e. The van der Waals surface area contributed by atoms with Gasteiger partial charge in [0, 0.05) is 5.41 Å². The van der Waals surface area contributed by atoms with Crippen LogP contribution in [-0.4, -0.2) is 27.8 Å². The second kappa shape index (κ2) is 5.22. The molecule has 0 radical (unpaired) electrons. The molecule has 130 valence electrons. The summed E-state index contributed by atoms with van der Waals surface area (Å²) in [6.07, 6.45) is 11.9. The fraction of sp³-hybridized carbons (Fsp3) is 0.900. The predicted octanol–water partition coefficient (Wildman–Crippen LogP) is 4.14. The lowest BCUT2D eigenvalue weighted by molar-refractivity contribution is -0.130. The monoisotopic (exact) mass is 338 g/mol. The second-order valence-electron chi connectivity index (χ2n) is 9.34. The molecule has 0 aromatic carbocycles. The van der Waals surface area contributed by atoms with Crippen LogP contribution in [0.4, 0.5) is 0 Å². The van der Waals surface area contributed by atoms with Gasteiger partial charge in [-0.1, -0.05) is 26.0 Å². The summed E-state index contributed by atoms with van der Waals surface area (Å²) in [5.41, 5.74) is -0.428. The minimum Gasteiger partial charge on any atom is -0.389 e. The van der Waals surface area contributed by atoms with E-state index in [1.165, 1.54) is 19.3 Å². The van der Waals surface area contributed by atoms with Gasteiger partial charge in [-0.2, -0.15) is 0 Å². The molecule has 3 fully saturated rings. The van der Waals surface area contributed by atoms with Crippen LogP contribution in [-0.2, 0) is 0 Å². The first-order valence-corrected chi connectivity index (χ1v) is 10.0. The Balaban J connectivity index is 1.67. The lowest BCUT2D eigenvalue weighted by atomic mass is 9.45. The van der Waals surface area contributed by atoms with Gasteiger partial charge in [-0.3, -0.25) is 0 Å². The molecule has 3 saturated carbocycles. The van der Waals surface area contributed by atoms with Gasteiger partial charge in [0.15, 0.2) is 0 Å². The molecule has 4 aliphatic carbocycles. The molecule has 0 bridgehead atoms. The van der Waals surface area contributed by atoms with Crippen LogP contribution in [0, 0.1) is 34.5 Å². The smallest absolute Gasteiger partial charge is 0.0838 e. The van der Waals surface area contributed by atoms with E-state index in [0.717, 1.165) is 25.7 Å². The Morgan fingerprint density at radius 2 is 1.83 bits per heavy atom. The Kier molecular flexibility index (Phi) is 3.73. The van der Waals surface area contributed by atoms with Gasteiger partial charge < -0.3 is 10.2 Å². The lowest BCUT2D eigenvalue weighted by Gasteiger charge is -2.60. The van der Waals surface area contributed by atoms with E-state index in [1.54, 1.807) is 0 Å². The third-order valence-corrected chi connectivity index (χ3v) is 9.15. The quantitative estimate of drug-likeness (QED) is 0.557. The number of aliphatic hydroxyl groups excluding tert-OH is 1. The third-order valence-electron chi connectivity index (χ3n) is 8.71. The minimum atomic E-state index is -0.666. The van der Waals surface area contributed by atoms with Crippen molar-refractivity contribution in [3.63, 3.8) is 0 Å².